The van der Waals surface area contributed by atoms with Crippen LogP contribution >= 0.6 is 15.9 Å². The van der Waals surface area contributed by atoms with Crippen molar-refractivity contribution in [3.8, 4) is 0 Å². The van der Waals surface area contributed by atoms with Crippen LogP contribution in [0.2, 0.25) is 0 Å². The second-order valence-electron chi connectivity index (χ2n) is 5.74. The Hall–Kier alpha value is -0.350. The van der Waals surface area contributed by atoms with Crippen molar-refractivity contribution in [2.24, 2.45) is 13.0 Å². The minimum absolute atomic E-state index is 0.851. The molecule has 3 nitrogen and oxygen atoms in total. The summed E-state index contributed by atoms with van der Waals surface area (Å²) >= 11 is 3.59. The highest BCUT2D eigenvalue weighted by atomic mass is 79.9. The Morgan fingerprint density at radius 3 is 2.47 bits per heavy atom. The summed E-state index contributed by atoms with van der Waals surface area (Å²) in [5.74, 6) is 0.851. The molecule has 0 saturated carbocycles. The summed E-state index contributed by atoms with van der Waals surface area (Å²) in [7, 11) is 2.00. The van der Waals surface area contributed by atoms with Gasteiger partial charge in [0.15, 0.2) is 0 Å². The van der Waals surface area contributed by atoms with Gasteiger partial charge in [-0.3, -0.25) is 4.68 Å². The first-order valence-electron chi connectivity index (χ1n) is 7.41. The lowest BCUT2D eigenvalue weighted by atomic mass is 10.0. The summed E-state index contributed by atoms with van der Waals surface area (Å²) in [6.07, 6.45) is 6.73. The lowest BCUT2D eigenvalue weighted by Gasteiger charge is -2.07. The third-order valence-electron chi connectivity index (χ3n) is 3.44. The third-order valence-corrected chi connectivity index (χ3v) is 4.47. The van der Waals surface area contributed by atoms with E-state index in [0.717, 1.165) is 29.2 Å². The van der Waals surface area contributed by atoms with Gasteiger partial charge in [-0.1, -0.05) is 39.5 Å². The van der Waals surface area contributed by atoms with E-state index in [-0.39, 0.29) is 0 Å². The summed E-state index contributed by atoms with van der Waals surface area (Å²) in [5, 5.41) is 7.90. The van der Waals surface area contributed by atoms with Crippen LogP contribution < -0.4 is 5.32 Å². The van der Waals surface area contributed by atoms with Gasteiger partial charge in [0.1, 0.15) is 0 Å². The van der Waals surface area contributed by atoms with E-state index >= 15 is 0 Å². The molecule has 1 aromatic heterocycles. The number of nitrogens with one attached hydrogen (secondary N) is 1. The maximum Gasteiger partial charge on any atom is 0.0739 e. The molecule has 1 aromatic rings. The Kier molecular flexibility index (Phi) is 7.69. The predicted molar refractivity (Wildman–Crippen MR) is 85.3 cm³/mol. The van der Waals surface area contributed by atoms with Crippen LogP contribution in [-0.4, -0.2) is 16.3 Å². The van der Waals surface area contributed by atoms with Crippen molar-refractivity contribution in [3.05, 3.63) is 15.9 Å². The van der Waals surface area contributed by atoms with E-state index in [2.05, 4.69) is 40.2 Å². The number of aromatic nitrogens is 2. The minimum atomic E-state index is 0.851. The average molecular weight is 330 g/mol. The van der Waals surface area contributed by atoms with Crippen molar-refractivity contribution in [2.45, 2.75) is 59.4 Å². The molecule has 4 heteroatoms. The second kappa shape index (κ2) is 8.75. The fourth-order valence-corrected chi connectivity index (χ4v) is 2.71. The van der Waals surface area contributed by atoms with E-state index in [1.807, 2.05) is 18.7 Å². The number of hydrogen-bond acceptors (Lipinski definition) is 2. The largest absolute Gasteiger partial charge is 0.311 e. The van der Waals surface area contributed by atoms with Crippen molar-refractivity contribution in [1.29, 1.82) is 0 Å². The van der Waals surface area contributed by atoms with Crippen LogP contribution in [0.4, 0.5) is 0 Å². The first-order chi connectivity index (χ1) is 9.02. The van der Waals surface area contributed by atoms with E-state index in [1.54, 1.807) is 0 Å². The molecule has 1 rings (SSSR count). The Balaban J connectivity index is 2.08. The summed E-state index contributed by atoms with van der Waals surface area (Å²) in [6, 6.07) is 0. The molecule has 0 saturated heterocycles. The van der Waals surface area contributed by atoms with Gasteiger partial charge in [-0.15, -0.1) is 0 Å². The van der Waals surface area contributed by atoms with Gasteiger partial charge in [-0.05, 0) is 41.7 Å². The maximum atomic E-state index is 4.40. The zero-order valence-corrected chi connectivity index (χ0v) is 14.4. The molecule has 0 spiro atoms. The molecule has 0 bridgehead atoms. The van der Waals surface area contributed by atoms with E-state index in [1.165, 1.54) is 37.8 Å². The maximum absolute atomic E-state index is 4.40. The number of unbranched alkanes of at least 4 members (excludes halogenated alkanes) is 3. The van der Waals surface area contributed by atoms with Crippen molar-refractivity contribution in [3.63, 3.8) is 0 Å². The SMILES string of the molecule is Cc1nn(C)c(CNCCCCCCC(C)C)c1Br. The smallest absolute Gasteiger partial charge is 0.0739 e. The summed E-state index contributed by atoms with van der Waals surface area (Å²) in [4.78, 5) is 0. The normalized spacial score (nSPS) is 11.5. The first-order valence-corrected chi connectivity index (χ1v) is 8.20. The fourth-order valence-electron chi connectivity index (χ4n) is 2.24. The van der Waals surface area contributed by atoms with Crippen LogP contribution in [0.1, 0.15) is 57.3 Å². The molecule has 0 fully saturated rings. The first kappa shape index (κ1) is 16.7. The van der Waals surface area contributed by atoms with Crippen LogP contribution in [0.3, 0.4) is 0 Å². The molecular weight excluding hydrogens is 302 g/mol. The Morgan fingerprint density at radius 2 is 1.89 bits per heavy atom. The molecule has 0 amide bonds. The second-order valence-corrected chi connectivity index (χ2v) is 6.54. The molecule has 0 aliphatic carbocycles. The minimum Gasteiger partial charge on any atom is -0.311 e. The molecule has 19 heavy (non-hydrogen) atoms. The Morgan fingerprint density at radius 1 is 1.21 bits per heavy atom. The Labute approximate surface area is 126 Å². The monoisotopic (exact) mass is 329 g/mol. The molecular formula is C15H28BrN3. The molecule has 0 aliphatic heterocycles. The van der Waals surface area contributed by atoms with Gasteiger partial charge in [-0.2, -0.15) is 5.10 Å². The van der Waals surface area contributed by atoms with Gasteiger partial charge in [0.05, 0.1) is 15.9 Å². The van der Waals surface area contributed by atoms with Gasteiger partial charge >= 0.3 is 0 Å². The van der Waals surface area contributed by atoms with Crippen LogP contribution in [0.25, 0.3) is 0 Å². The van der Waals surface area contributed by atoms with Crippen LogP contribution in [0, 0.1) is 12.8 Å². The van der Waals surface area contributed by atoms with E-state index in [4.69, 9.17) is 0 Å². The van der Waals surface area contributed by atoms with Crippen molar-refractivity contribution in [1.82, 2.24) is 15.1 Å². The Bertz CT molecular complexity index is 372. The van der Waals surface area contributed by atoms with Gasteiger partial charge in [-0.25, -0.2) is 0 Å². The molecule has 1 heterocycles. The molecule has 0 atom stereocenters. The zero-order chi connectivity index (χ0) is 14.3. The summed E-state index contributed by atoms with van der Waals surface area (Å²) in [5.41, 5.74) is 2.30. The van der Waals surface area contributed by atoms with Gasteiger partial charge in [0.2, 0.25) is 0 Å². The number of aryl methyl sites for hydroxylation is 2. The number of halogens is 1. The highest BCUT2D eigenvalue weighted by Crippen LogP contribution is 2.19. The number of rotatable bonds is 9. The highest BCUT2D eigenvalue weighted by molar-refractivity contribution is 9.10. The third kappa shape index (κ3) is 6.09. The average Bonchev–Trinajstić information content (AvgIpc) is 2.58. The van der Waals surface area contributed by atoms with E-state index < -0.39 is 0 Å². The highest BCUT2D eigenvalue weighted by Gasteiger charge is 2.09. The van der Waals surface area contributed by atoms with Crippen molar-refractivity contribution >= 4 is 15.9 Å². The molecule has 0 radical (unpaired) electrons. The quantitative estimate of drug-likeness (QED) is 0.688. The van der Waals surface area contributed by atoms with Crippen molar-refractivity contribution < 1.29 is 0 Å². The van der Waals surface area contributed by atoms with Crippen molar-refractivity contribution in [2.75, 3.05) is 6.54 Å². The molecule has 0 unspecified atom stereocenters. The molecule has 0 aliphatic rings. The summed E-state index contributed by atoms with van der Waals surface area (Å²) in [6.45, 7) is 8.62. The predicted octanol–water partition coefficient (Wildman–Crippen LogP) is 4.19. The topological polar surface area (TPSA) is 29.9 Å². The fraction of sp³-hybridized carbons (Fsp3) is 0.800. The summed E-state index contributed by atoms with van der Waals surface area (Å²) < 4.78 is 3.09. The zero-order valence-electron chi connectivity index (χ0n) is 12.8. The van der Waals surface area contributed by atoms with Gasteiger partial charge in [0.25, 0.3) is 0 Å². The standard InChI is InChI=1S/C15H28BrN3/c1-12(2)9-7-5-6-8-10-17-11-14-15(16)13(3)18-19(14)4/h12,17H,5-11H2,1-4H3. The lowest BCUT2D eigenvalue weighted by molar-refractivity contribution is 0.510. The van der Waals surface area contributed by atoms with Crippen LogP contribution in [0.5, 0.6) is 0 Å². The number of hydrogen-bond donors (Lipinski definition) is 1. The van der Waals surface area contributed by atoms with E-state index in [0.29, 0.717) is 0 Å². The van der Waals surface area contributed by atoms with Crippen LogP contribution in [-0.2, 0) is 13.6 Å². The molecule has 110 valence electrons. The number of nitrogens with zero attached hydrogens (tertiary/aromatic N) is 2. The van der Waals surface area contributed by atoms with Gasteiger partial charge in [0, 0.05) is 13.6 Å². The van der Waals surface area contributed by atoms with E-state index in [9.17, 15) is 0 Å². The van der Waals surface area contributed by atoms with Gasteiger partial charge < -0.3 is 5.32 Å². The molecule has 1 N–H and O–H groups in total. The van der Waals surface area contributed by atoms with Crippen LogP contribution in [0.15, 0.2) is 4.47 Å². The molecule has 0 aromatic carbocycles. The lowest BCUT2D eigenvalue weighted by Crippen LogP contribution is -2.17.